The van der Waals surface area contributed by atoms with Crippen molar-refractivity contribution < 1.29 is 19.8 Å². The second-order valence-electron chi connectivity index (χ2n) is 5.89. The molecule has 0 spiro atoms. The van der Waals surface area contributed by atoms with Gasteiger partial charge in [-0.2, -0.15) is 0 Å². The highest BCUT2D eigenvalue weighted by atomic mass is 16.4. The summed E-state index contributed by atoms with van der Waals surface area (Å²) in [6, 6.07) is 11.7. The molecular formula is C20H10O6. The zero-order valence-electron chi connectivity index (χ0n) is 13.1. The van der Waals surface area contributed by atoms with Crippen molar-refractivity contribution in [1.82, 2.24) is 0 Å². The second-order valence-corrected chi connectivity index (χ2v) is 5.89. The highest BCUT2D eigenvalue weighted by molar-refractivity contribution is 6.24. The van der Waals surface area contributed by atoms with Gasteiger partial charge in [0.1, 0.15) is 0 Å². The van der Waals surface area contributed by atoms with Crippen molar-refractivity contribution >= 4 is 44.3 Å². The summed E-state index contributed by atoms with van der Waals surface area (Å²) in [6.07, 6.45) is 0. The first-order valence-corrected chi connectivity index (χ1v) is 7.66. The average Bonchev–Trinajstić information content (AvgIpc) is 2.63. The molecule has 0 heterocycles. The Labute approximate surface area is 144 Å². The van der Waals surface area contributed by atoms with E-state index in [1.54, 1.807) is 12.1 Å². The summed E-state index contributed by atoms with van der Waals surface area (Å²) in [4.78, 5) is 49.9. The summed E-state index contributed by atoms with van der Waals surface area (Å²) in [6.45, 7) is 0. The van der Waals surface area contributed by atoms with Crippen LogP contribution in [0.4, 0.5) is 0 Å². The predicted molar refractivity (Wildman–Crippen MR) is 96.6 cm³/mol. The van der Waals surface area contributed by atoms with Crippen LogP contribution in [0, 0.1) is 0 Å². The predicted octanol–water partition coefficient (Wildman–Crippen LogP) is 2.70. The topological polar surface area (TPSA) is 109 Å². The van der Waals surface area contributed by atoms with E-state index in [0.717, 1.165) is 0 Å². The van der Waals surface area contributed by atoms with Gasteiger partial charge < -0.3 is 10.2 Å². The molecule has 26 heavy (non-hydrogen) atoms. The van der Waals surface area contributed by atoms with Gasteiger partial charge >= 0.3 is 11.9 Å². The van der Waals surface area contributed by atoms with Gasteiger partial charge in [-0.1, -0.05) is 48.5 Å². The summed E-state index contributed by atoms with van der Waals surface area (Å²) in [5.41, 5.74) is -2.10. The van der Waals surface area contributed by atoms with Gasteiger partial charge in [0.2, 0.25) is 0 Å². The number of benzene rings is 3. The van der Waals surface area contributed by atoms with E-state index in [2.05, 4.69) is 0 Å². The van der Waals surface area contributed by atoms with E-state index in [4.69, 9.17) is 0 Å². The summed E-state index contributed by atoms with van der Waals surface area (Å²) >= 11 is 0. The van der Waals surface area contributed by atoms with Gasteiger partial charge in [-0.15, -0.1) is 0 Å². The maximum absolute atomic E-state index is 13.0. The SMILES string of the molecule is O=C(O)c1c2ccccc2c(C(=O)O)c2c(=O)c3ccc(cc3)c(=O)c12. The lowest BCUT2D eigenvalue weighted by Gasteiger charge is -2.11. The molecule has 0 aliphatic rings. The van der Waals surface area contributed by atoms with E-state index >= 15 is 0 Å². The number of hydrogen-bond donors (Lipinski definition) is 2. The monoisotopic (exact) mass is 346 g/mol. The number of rotatable bonds is 2. The van der Waals surface area contributed by atoms with Crippen molar-refractivity contribution in [2.24, 2.45) is 0 Å². The van der Waals surface area contributed by atoms with Crippen LogP contribution in [0.3, 0.4) is 0 Å². The molecule has 0 radical (unpaired) electrons. The van der Waals surface area contributed by atoms with Crippen molar-refractivity contribution in [1.29, 1.82) is 0 Å². The third-order valence-corrected chi connectivity index (χ3v) is 4.51. The Morgan fingerprint density at radius 3 is 1.27 bits per heavy atom. The highest BCUT2D eigenvalue weighted by Gasteiger charge is 2.25. The molecule has 5 aromatic carbocycles. The van der Waals surface area contributed by atoms with E-state index in [-0.39, 0.29) is 43.4 Å². The number of hydrogen-bond acceptors (Lipinski definition) is 4. The molecule has 6 nitrogen and oxygen atoms in total. The molecule has 0 aliphatic carbocycles. The van der Waals surface area contributed by atoms with Gasteiger partial charge in [0.25, 0.3) is 0 Å². The van der Waals surface area contributed by atoms with Gasteiger partial charge in [-0.25, -0.2) is 9.59 Å². The molecular weight excluding hydrogens is 336 g/mol. The van der Waals surface area contributed by atoms with Crippen LogP contribution in [0.5, 0.6) is 0 Å². The van der Waals surface area contributed by atoms with Crippen molar-refractivity contribution in [2.75, 3.05) is 0 Å². The molecule has 126 valence electrons. The number of fused-ring (bicyclic) bond motifs is 3. The average molecular weight is 346 g/mol. The fourth-order valence-electron chi connectivity index (χ4n) is 3.40. The van der Waals surface area contributed by atoms with Gasteiger partial charge in [0, 0.05) is 21.5 Å². The van der Waals surface area contributed by atoms with Crippen LogP contribution in [0.2, 0.25) is 0 Å². The van der Waals surface area contributed by atoms with Gasteiger partial charge in [0.05, 0.1) is 11.1 Å². The van der Waals surface area contributed by atoms with Crippen LogP contribution >= 0.6 is 0 Å². The number of carbonyl (C=O) groups is 2. The molecule has 0 aliphatic heterocycles. The van der Waals surface area contributed by atoms with E-state index in [0.29, 0.717) is 0 Å². The molecule has 5 aromatic rings. The van der Waals surface area contributed by atoms with Crippen molar-refractivity contribution in [3.8, 4) is 0 Å². The zero-order valence-corrected chi connectivity index (χ0v) is 13.1. The van der Waals surface area contributed by atoms with Crippen LogP contribution < -0.4 is 10.9 Å². The summed E-state index contributed by atoms with van der Waals surface area (Å²) in [5, 5.41) is 19.3. The third kappa shape index (κ3) is 1.99. The van der Waals surface area contributed by atoms with Crippen LogP contribution in [-0.4, -0.2) is 22.2 Å². The molecule has 2 bridgehead atoms. The van der Waals surface area contributed by atoms with Crippen molar-refractivity contribution in [2.45, 2.75) is 0 Å². The maximum Gasteiger partial charge on any atom is 0.337 e. The zero-order chi connectivity index (χ0) is 18.6. The van der Waals surface area contributed by atoms with Crippen LogP contribution in [0.15, 0.2) is 58.1 Å². The standard InChI is InChI=1S/C20H10O6/c21-17-9-5-7-10(8-6-9)18(22)16-14(20(25)26)12-4-2-1-3-11(12)13(15(16)17)19(23)24/h1-8H,(H,23,24)(H,25,26). The Kier molecular flexibility index (Phi) is 3.23. The van der Waals surface area contributed by atoms with Crippen LogP contribution in [0.25, 0.3) is 32.3 Å². The van der Waals surface area contributed by atoms with Crippen molar-refractivity contribution in [3.05, 3.63) is 80.1 Å². The van der Waals surface area contributed by atoms with Gasteiger partial charge in [-0.05, 0) is 10.8 Å². The van der Waals surface area contributed by atoms with Crippen LogP contribution in [0.1, 0.15) is 20.7 Å². The highest BCUT2D eigenvalue weighted by Crippen LogP contribution is 2.30. The Bertz CT molecular complexity index is 1240. The number of carboxylic acid groups (broad SMARTS) is 2. The summed E-state index contributed by atoms with van der Waals surface area (Å²) in [5.74, 6) is -2.80. The Morgan fingerprint density at radius 1 is 0.615 bits per heavy atom. The number of aromatic carboxylic acids is 2. The van der Waals surface area contributed by atoms with Gasteiger partial charge in [-0.3, -0.25) is 9.59 Å². The Morgan fingerprint density at radius 2 is 0.962 bits per heavy atom. The number of carboxylic acids is 2. The molecule has 5 rings (SSSR count). The minimum atomic E-state index is -1.40. The van der Waals surface area contributed by atoms with Crippen LogP contribution in [-0.2, 0) is 0 Å². The maximum atomic E-state index is 13.0. The fourth-order valence-corrected chi connectivity index (χ4v) is 3.40. The summed E-state index contributed by atoms with van der Waals surface area (Å²) in [7, 11) is 0. The quantitative estimate of drug-likeness (QED) is 0.578. The summed E-state index contributed by atoms with van der Waals surface area (Å²) < 4.78 is 0. The molecule has 0 fully saturated rings. The minimum Gasteiger partial charge on any atom is -0.478 e. The lowest BCUT2D eigenvalue weighted by Crippen LogP contribution is -2.17. The van der Waals surface area contributed by atoms with E-state index in [1.807, 2.05) is 0 Å². The second kappa shape index (κ2) is 5.35. The molecule has 6 heteroatoms. The molecule has 0 aromatic heterocycles. The first-order valence-electron chi connectivity index (χ1n) is 7.66. The molecule has 0 unspecified atom stereocenters. The molecule has 0 saturated heterocycles. The first-order chi connectivity index (χ1) is 12.4. The fraction of sp³-hybridized carbons (Fsp3) is 0. The molecule has 2 N–H and O–H groups in total. The first kappa shape index (κ1) is 15.7. The Hall–Kier alpha value is -3.80. The van der Waals surface area contributed by atoms with E-state index in [9.17, 15) is 29.4 Å². The third-order valence-electron chi connectivity index (χ3n) is 4.51. The molecule has 0 atom stereocenters. The Balaban J connectivity index is 2.59. The van der Waals surface area contributed by atoms with E-state index in [1.165, 1.54) is 36.4 Å². The van der Waals surface area contributed by atoms with Gasteiger partial charge in [0.15, 0.2) is 10.9 Å². The largest absolute Gasteiger partial charge is 0.478 e. The normalized spacial score (nSPS) is 11.2. The smallest absolute Gasteiger partial charge is 0.337 e. The van der Waals surface area contributed by atoms with E-state index < -0.39 is 22.8 Å². The minimum absolute atomic E-state index is 0.104. The molecule has 0 amide bonds. The van der Waals surface area contributed by atoms with Crippen molar-refractivity contribution in [3.63, 3.8) is 0 Å². The lowest BCUT2D eigenvalue weighted by molar-refractivity contribution is 0.0687. The molecule has 0 saturated carbocycles. The lowest BCUT2D eigenvalue weighted by atomic mass is 9.90.